The largest absolute Gasteiger partial charge is 0.310 e. The van der Waals surface area contributed by atoms with Crippen molar-refractivity contribution in [1.29, 1.82) is 0 Å². The Balaban J connectivity index is 2.26. The third kappa shape index (κ3) is 3.10. The van der Waals surface area contributed by atoms with Crippen LogP contribution in [-0.4, -0.2) is 11.5 Å². The minimum absolute atomic E-state index is 0.278. The lowest BCUT2D eigenvalue weighted by Gasteiger charge is -2.20. The molecule has 0 fully saturated rings. The Morgan fingerprint density at radius 2 is 2.28 bits per heavy atom. The number of hydrogen-bond acceptors (Lipinski definition) is 3. The summed E-state index contributed by atoms with van der Waals surface area (Å²) >= 11 is 7.90. The van der Waals surface area contributed by atoms with Gasteiger partial charge in [0, 0.05) is 29.1 Å². The molecule has 18 heavy (non-hydrogen) atoms. The molecule has 2 nitrogen and oxygen atoms in total. The molecule has 0 bridgehead atoms. The van der Waals surface area contributed by atoms with E-state index in [9.17, 15) is 0 Å². The molecule has 0 amide bonds. The van der Waals surface area contributed by atoms with Crippen LogP contribution < -0.4 is 5.32 Å². The fraction of sp³-hybridized carbons (Fsp3) is 0.357. The Hall–Kier alpha value is -0.900. The first kappa shape index (κ1) is 13.5. The first-order chi connectivity index (χ1) is 8.72. The van der Waals surface area contributed by atoms with E-state index < -0.39 is 0 Å². The van der Waals surface area contributed by atoms with E-state index in [4.69, 9.17) is 11.6 Å². The smallest absolute Gasteiger partial charge is 0.0943 e. The van der Waals surface area contributed by atoms with Crippen molar-refractivity contribution in [3.05, 3.63) is 50.9 Å². The number of halogens is 1. The molecule has 1 atom stereocenters. The topological polar surface area (TPSA) is 24.9 Å². The Morgan fingerprint density at radius 1 is 1.44 bits per heavy atom. The van der Waals surface area contributed by atoms with Gasteiger partial charge in [0.25, 0.3) is 0 Å². The van der Waals surface area contributed by atoms with Crippen molar-refractivity contribution in [2.75, 3.05) is 6.54 Å². The Bertz CT molecular complexity index is 497. The van der Waals surface area contributed by atoms with Crippen LogP contribution in [0.5, 0.6) is 0 Å². The number of benzene rings is 1. The molecule has 4 heteroatoms. The highest BCUT2D eigenvalue weighted by Gasteiger charge is 2.15. The highest BCUT2D eigenvalue weighted by atomic mass is 35.5. The van der Waals surface area contributed by atoms with Gasteiger partial charge in [-0.3, -0.25) is 0 Å². The van der Waals surface area contributed by atoms with Gasteiger partial charge in [-0.15, -0.1) is 11.3 Å². The second kappa shape index (κ2) is 6.32. The van der Waals surface area contributed by atoms with E-state index in [-0.39, 0.29) is 6.04 Å². The van der Waals surface area contributed by atoms with E-state index >= 15 is 0 Å². The number of nitrogens with zero attached hydrogens (tertiary/aromatic N) is 1. The van der Waals surface area contributed by atoms with Crippen LogP contribution >= 0.6 is 22.9 Å². The highest BCUT2D eigenvalue weighted by Crippen LogP contribution is 2.27. The minimum atomic E-state index is 0.278. The van der Waals surface area contributed by atoms with E-state index in [1.54, 1.807) is 11.3 Å². The van der Waals surface area contributed by atoms with Crippen molar-refractivity contribution in [2.45, 2.75) is 26.3 Å². The van der Waals surface area contributed by atoms with E-state index in [0.29, 0.717) is 0 Å². The van der Waals surface area contributed by atoms with E-state index in [2.05, 4.69) is 30.2 Å². The van der Waals surface area contributed by atoms with Gasteiger partial charge in [0.05, 0.1) is 5.01 Å². The third-order valence-corrected chi connectivity index (χ3v) is 4.21. The number of rotatable bonds is 5. The first-order valence-corrected chi connectivity index (χ1v) is 7.35. The zero-order valence-corrected chi connectivity index (χ0v) is 12.2. The predicted octanol–water partition coefficient (Wildman–Crippen LogP) is 4.00. The van der Waals surface area contributed by atoms with Gasteiger partial charge in [0.1, 0.15) is 0 Å². The van der Waals surface area contributed by atoms with Crippen molar-refractivity contribution in [3.8, 4) is 0 Å². The summed E-state index contributed by atoms with van der Waals surface area (Å²) in [5.74, 6) is 0. The summed E-state index contributed by atoms with van der Waals surface area (Å²) < 4.78 is 0. The highest BCUT2D eigenvalue weighted by molar-refractivity contribution is 7.09. The average molecular weight is 281 g/mol. The predicted molar refractivity (Wildman–Crippen MR) is 78.4 cm³/mol. The summed E-state index contributed by atoms with van der Waals surface area (Å²) in [6, 6.07) is 6.37. The van der Waals surface area contributed by atoms with Crippen molar-refractivity contribution < 1.29 is 0 Å². The van der Waals surface area contributed by atoms with E-state index in [1.807, 2.05) is 23.7 Å². The maximum Gasteiger partial charge on any atom is 0.0943 e. The van der Waals surface area contributed by atoms with Crippen LogP contribution in [0.4, 0.5) is 0 Å². The Kier molecular flexibility index (Phi) is 4.75. The number of aromatic nitrogens is 1. The minimum Gasteiger partial charge on any atom is -0.310 e. The van der Waals surface area contributed by atoms with Crippen LogP contribution in [0.15, 0.2) is 29.8 Å². The summed E-state index contributed by atoms with van der Waals surface area (Å²) in [4.78, 5) is 4.36. The molecule has 1 aromatic carbocycles. The molecule has 2 aromatic rings. The molecule has 0 radical (unpaired) electrons. The van der Waals surface area contributed by atoms with Gasteiger partial charge in [-0.1, -0.05) is 30.7 Å². The molecule has 0 saturated heterocycles. The standard InChI is InChI=1S/C14H17ClN2S/c1-3-16-13(9-14-17-7-8-18-14)11-5-4-6-12(15)10(11)2/h4-8,13,16H,3,9H2,1-2H3. The molecular weight excluding hydrogens is 264 g/mol. The maximum atomic E-state index is 6.20. The summed E-state index contributed by atoms with van der Waals surface area (Å²) in [7, 11) is 0. The van der Waals surface area contributed by atoms with Crippen LogP contribution in [0.2, 0.25) is 5.02 Å². The SMILES string of the molecule is CCNC(Cc1nccs1)c1cccc(Cl)c1C. The number of hydrogen-bond donors (Lipinski definition) is 1. The van der Waals surface area contributed by atoms with Crippen molar-refractivity contribution >= 4 is 22.9 Å². The molecule has 0 aliphatic heterocycles. The van der Waals surface area contributed by atoms with Gasteiger partial charge in [0.15, 0.2) is 0 Å². The molecule has 96 valence electrons. The fourth-order valence-corrected chi connectivity index (χ4v) is 2.91. The number of thiazole rings is 1. The van der Waals surface area contributed by atoms with Gasteiger partial charge in [-0.25, -0.2) is 4.98 Å². The lowest BCUT2D eigenvalue weighted by Crippen LogP contribution is -2.23. The maximum absolute atomic E-state index is 6.20. The molecule has 0 saturated carbocycles. The number of nitrogens with one attached hydrogen (secondary N) is 1. The lowest BCUT2D eigenvalue weighted by molar-refractivity contribution is 0.546. The van der Waals surface area contributed by atoms with Gasteiger partial charge >= 0.3 is 0 Å². The first-order valence-electron chi connectivity index (χ1n) is 6.09. The molecular formula is C14H17ClN2S. The van der Waals surface area contributed by atoms with Crippen LogP contribution in [0.3, 0.4) is 0 Å². The van der Waals surface area contributed by atoms with E-state index in [0.717, 1.165) is 28.6 Å². The summed E-state index contributed by atoms with van der Waals surface area (Å²) in [5.41, 5.74) is 2.42. The zero-order chi connectivity index (χ0) is 13.0. The van der Waals surface area contributed by atoms with Crippen LogP contribution in [-0.2, 0) is 6.42 Å². The normalized spacial score (nSPS) is 12.6. The van der Waals surface area contributed by atoms with Crippen molar-refractivity contribution in [3.63, 3.8) is 0 Å². The van der Waals surface area contributed by atoms with Crippen LogP contribution in [0.1, 0.15) is 29.1 Å². The summed E-state index contributed by atoms with van der Waals surface area (Å²) in [6.07, 6.45) is 2.76. The van der Waals surface area contributed by atoms with Gasteiger partial charge in [0.2, 0.25) is 0 Å². The Labute approximate surface area is 117 Å². The number of likely N-dealkylation sites (N-methyl/N-ethyl adjacent to an activating group) is 1. The zero-order valence-electron chi connectivity index (χ0n) is 10.6. The van der Waals surface area contributed by atoms with E-state index in [1.165, 1.54) is 5.56 Å². The van der Waals surface area contributed by atoms with Crippen molar-refractivity contribution in [1.82, 2.24) is 10.3 Å². The van der Waals surface area contributed by atoms with Gasteiger partial charge in [-0.05, 0) is 30.7 Å². The lowest BCUT2D eigenvalue weighted by atomic mass is 9.99. The average Bonchev–Trinajstić information content (AvgIpc) is 2.85. The second-order valence-electron chi connectivity index (χ2n) is 4.19. The summed E-state index contributed by atoms with van der Waals surface area (Å²) in [6.45, 7) is 5.13. The second-order valence-corrected chi connectivity index (χ2v) is 5.58. The molecule has 1 aromatic heterocycles. The van der Waals surface area contributed by atoms with Crippen LogP contribution in [0, 0.1) is 6.92 Å². The van der Waals surface area contributed by atoms with Crippen LogP contribution in [0.25, 0.3) is 0 Å². The molecule has 2 rings (SSSR count). The molecule has 1 unspecified atom stereocenters. The molecule has 0 spiro atoms. The van der Waals surface area contributed by atoms with Crippen molar-refractivity contribution in [2.24, 2.45) is 0 Å². The van der Waals surface area contributed by atoms with Gasteiger partial charge in [-0.2, -0.15) is 0 Å². The van der Waals surface area contributed by atoms with Gasteiger partial charge < -0.3 is 5.32 Å². The fourth-order valence-electron chi connectivity index (χ4n) is 2.07. The molecule has 0 aliphatic carbocycles. The quantitative estimate of drug-likeness (QED) is 0.895. The monoisotopic (exact) mass is 280 g/mol. The Morgan fingerprint density at radius 3 is 2.94 bits per heavy atom. The summed E-state index contributed by atoms with van der Waals surface area (Å²) in [5, 5.41) is 7.51. The molecule has 1 N–H and O–H groups in total. The third-order valence-electron chi connectivity index (χ3n) is 3.00. The molecule has 1 heterocycles. The molecule has 0 aliphatic rings.